The summed E-state index contributed by atoms with van der Waals surface area (Å²) in [6.07, 6.45) is 2.77. The summed E-state index contributed by atoms with van der Waals surface area (Å²) in [5.74, 6) is -0.0736. The van der Waals surface area contributed by atoms with Crippen LogP contribution in [0, 0.1) is 0 Å². The van der Waals surface area contributed by atoms with Gasteiger partial charge in [-0.3, -0.25) is 4.79 Å². The van der Waals surface area contributed by atoms with Gasteiger partial charge in [-0.15, -0.1) is 0 Å². The van der Waals surface area contributed by atoms with Gasteiger partial charge in [-0.2, -0.15) is 0 Å². The molecule has 112 valence electrons. The molecule has 0 bridgehead atoms. The molecule has 1 rings (SSSR count). The van der Waals surface area contributed by atoms with E-state index in [1.807, 2.05) is 12.1 Å². The number of unbranched alkanes of at least 4 members (excludes halogenated alkanes) is 1. The van der Waals surface area contributed by atoms with Crippen molar-refractivity contribution in [1.29, 1.82) is 0 Å². The van der Waals surface area contributed by atoms with Gasteiger partial charge in [0.1, 0.15) is 0 Å². The number of amides is 1. The van der Waals surface area contributed by atoms with Crippen LogP contribution in [0.1, 0.15) is 51.7 Å². The number of nitrogens with one attached hydrogen (secondary N) is 1. The highest BCUT2D eigenvalue weighted by Crippen LogP contribution is 2.32. The molecule has 1 aromatic carbocycles. The van der Waals surface area contributed by atoms with Gasteiger partial charge in [-0.25, -0.2) is 0 Å². The molecule has 0 aliphatic heterocycles. The Morgan fingerprint density at radius 1 is 1.25 bits per heavy atom. The molecule has 0 heterocycles. The normalized spacial score (nSPS) is 11.4. The van der Waals surface area contributed by atoms with Crippen LogP contribution >= 0.6 is 0 Å². The first-order valence-electron chi connectivity index (χ1n) is 7.16. The Labute approximate surface area is 121 Å². The Morgan fingerprint density at radius 3 is 2.40 bits per heavy atom. The minimum absolute atomic E-state index is 0.00285. The summed E-state index contributed by atoms with van der Waals surface area (Å²) in [6, 6.07) is 4.05. The van der Waals surface area contributed by atoms with Crippen molar-refractivity contribution in [2.45, 2.75) is 52.4 Å². The predicted molar refractivity (Wildman–Crippen MR) is 85.9 cm³/mol. The highest BCUT2D eigenvalue weighted by Gasteiger charge is 2.18. The Morgan fingerprint density at radius 2 is 1.90 bits per heavy atom. The number of rotatable bonds is 5. The van der Waals surface area contributed by atoms with Gasteiger partial charge >= 0.3 is 0 Å². The molecular weight excluding hydrogens is 250 g/mol. The molecule has 0 radical (unpaired) electrons. The van der Waals surface area contributed by atoms with Crippen LogP contribution in [-0.2, 0) is 16.6 Å². The topological polar surface area (TPSA) is 81.1 Å². The second kappa shape index (κ2) is 6.75. The van der Waals surface area contributed by atoms with Crippen molar-refractivity contribution in [3.8, 4) is 0 Å². The van der Waals surface area contributed by atoms with Gasteiger partial charge in [0.2, 0.25) is 5.91 Å². The van der Waals surface area contributed by atoms with Crippen LogP contribution in [0.4, 0.5) is 11.4 Å². The van der Waals surface area contributed by atoms with Crippen molar-refractivity contribution in [2.24, 2.45) is 5.73 Å². The number of carbonyl (C=O) groups is 1. The van der Waals surface area contributed by atoms with Gasteiger partial charge < -0.3 is 16.8 Å². The molecule has 0 aromatic heterocycles. The Kier molecular flexibility index (Phi) is 5.57. The summed E-state index contributed by atoms with van der Waals surface area (Å²) in [7, 11) is 0. The predicted octanol–water partition coefficient (Wildman–Crippen LogP) is 2.81. The maximum absolute atomic E-state index is 11.4. The molecular formula is C16H27N3O. The highest BCUT2D eigenvalue weighted by atomic mass is 16.1. The molecule has 0 aliphatic rings. The van der Waals surface area contributed by atoms with Gasteiger partial charge in [-0.05, 0) is 54.5 Å². The second-order valence-corrected chi connectivity index (χ2v) is 6.27. The average Bonchev–Trinajstić information content (AvgIpc) is 2.30. The summed E-state index contributed by atoms with van der Waals surface area (Å²) in [6.45, 7) is 8.59. The maximum Gasteiger partial charge on any atom is 0.221 e. The summed E-state index contributed by atoms with van der Waals surface area (Å²) in [4.78, 5) is 11.4. The molecule has 0 atom stereocenters. The van der Waals surface area contributed by atoms with Crippen molar-refractivity contribution in [1.82, 2.24) is 0 Å². The SMILES string of the molecule is CC(=O)Nc1cc(C(C)(C)C)cc(N)c1CCCCN. The van der Waals surface area contributed by atoms with E-state index in [0.29, 0.717) is 6.54 Å². The minimum Gasteiger partial charge on any atom is -0.398 e. The third-order valence-electron chi connectivity index (χ3n) is 3.34. The van der Waals surface area contributed by atoms with Crippen LogP contribution in [-0.4, -0.2) is 12.5 Å². The van der Waals surface area contributed by atoms with E-state index in [9.17, 15) is 4.79 Å². The number of benzene rings is 1. The summed E-state index contributed by atoms with van der Waals surface area (Å²) in [5.41, 5.74) is 15.4. The first-order chi connectivity index (χ1) is 9.25. The Balaban J connectivity index is 3.16. The lowest BCUT2D eigenvalue weighted by Gasteiger charge is -2.23. The van der Waals surface area contributed by atoms with Crippen molar-refractivity contribution < 1.29 is 4.79 Å². The van der Waals surface area contributed by atoms with Crippen molar-refractivity contribution in [3.05, 3.63) is 23.3 Å². The molecule has 5 N–H and O–H groups in total. The summed E-state index contributed by atoms with van der Waals surface area (Å²) >= 11 is 0. The zero-order valence-electron chi connectivity index (χ0n) is 13.0. The van der Waals surface area contributed by atoms with Crippen molar-refractivity contribution >= 4 is 17.3 Å². The van der Waals surface area contributed by atoms with E-state index in [-0.39, 0.29) is 11.3 Å². The second-order valence-electron chi connectivity index (χ2n) is 6.27. The molecule has 1 amide bonds. The molecule has 0 aliphatic carbocycles. The van der Waals surface area contributed by atoms with Crippen molar-refractivity contribution in [2.75, 3.05) is 17.6 Å². The molecule has 0 spiro atoms. The van der Waals surface area contributed by atoms with Crippen LogP contribution in [0.2, 0.25) is 0 Å². The third-order valence-corrected chi connectivity index (χ3v) is 3.34. The monoisotopic (exact) mass is 277 g/mol. The number of carbonyl (C=O) groups excluding carboxylic acids is 1. The number of hydrogen-bond donors (Lipinski definition) is 3. The van der Waals surface area contributed by atoms with Gasteiger partial charge in [0.15, 0.2) is 0 Å². The Hall–Kier alpha value is -1.55. The van der Waals surface area contributed by atoms with E-state index in [0.717, 1.165) is 41.8 Å². The van der Waals surface area contributed by atoms with E-state index in [1.165, 1.54) is 6.92 Å². The van der Waals surface area contributed by atoms with Crippen LogP contribution in [0.3, 0.4) is 0 Å². The molecule has 0 saturated heterocycles. The largest absolute Gasteiger partial charge is 0.398 e. The third kappa shape index (κ3) is 4.53. The standard InChI is InChI=1S/C16H27N3O/c1-11(20)19-15-10-12(16(2,3)4)9-14(18)13(15)7-5-6-8-17/h9-10H,5-8,17-18H2,1-4H3,(H,19,20). The summed E-state index contributed by atoms with van der Waals surface area (Å²) in [5, 5.41) is 2.90. The minimum atomic E-state index is -0.0736. The van der Waals surface area contributed by atoms with E-state index in [2.05, 4.69) is 26.1 Å². The molecule has 4 heteroatoms. The molecule has 0 saturated carbocycles. The quantitative estimate of drug-likeness (QED) is 0.572. The Bertz CT molecular complexity index is 475. The fourth-order valence-corrected chi connectivity index (χ4v) is 2.15. The molecule has 20 heavy (non-hydrogen) atoms. The molecule has 0 fully saturated rings. The molecule has 1 aromatic rings. The number of hydrogen-bond acceptors (Lipinski definition) is 3. The zero-order valence-corrected chi connectivity index (χ0v) is 13.0. The highest BCUT2D eigenvalue weighted by molar-refractivity contribution is 5.90. The lowest BCUT2D eigenvalue weighted by molar-refractivity contribution is -0.114. The average molecular weight is 277 g/mol. The van der Waals surface area contributed by atoms with Crippen molar-refractivity contribution in [3.63, 3.8) is 0 Å². The molecule has 4 nitrogen and oxygen atoms in total. The van der Waals surface area contributed by atoms with Crippen LogP contribution in [0.25, 0.3) is 0 Å². The lowest BCUT2D eigenvalue weighted by Crippen LogP contribution is -2.16. The lowest BCUT2D eigenvalue weighted by atomic mass is 9.85. The van der Waals surface area contributed by atoms with Crippen LogP contribution in [0.15, 0.2) is 12.1 Å². The summed E-state index contributed by atoms with van der Waals surface area (Å²) < 4.78 is 0. The van der Waals surface area contributed by atoms with E-state index < -0.39 is 0 Å². The van der Waals surface area contributed by atoms with Crippen LogP contribution in [0.5, 0.6) is 0 Å². The smallest absolute Gasteiger partial charge is 0.221 e. The zero-order chi connectivity index (χ0) is 15.3. The molecule has 0 unspecified atom stereocenters. The number of nitrogen functional groups attached to an aromatic ring is 1. The first kappa shape index (κ1) is 16.5. The first-order valence-corrected chi connectivity index (χ1v) is 7.16. The van der Waals surface area contributed by atoms with Crippen LogP contribution < -0.4 is 16.8 Å². The number of nitrogens with two attached hydrogens (primary N) is 2. The number of anilines is 2. The van der Waals surface area contributed by atoms with Gasteiger partial charge in [0, 0.05) is 18.3 Å². The van der Waals surface area contributed by atoms with E-state index in [1.54, 1.807) is 0 Å². The van der Waals surface area contributed by atoms with E-state index in [4.69, 9.17) is 11.5 Å². The van der Waals surface area contributed by atoms with Gasteiger partial charge in [0.25, 0.3) is 0 Å². The van der Waals surface area contributed by atoms with E-state index >= 15 is 0 Å². The van der Waals surface area contributed by atoms with Gasteiger partial charge in [0.05, 0.1) is 0 Å². The van der Waals surface area contributed by atoms with Gasteiger partial charge in [-0.1, -0.05) is 20.8 Å². The maximum atomic E-state index is 11.4. The fourth-order valence-electron chi connectivity index (χ4n) is 2.15. The fraction of sp³-hybridized carbons (Fsp3) is 0.562.